The molecule has 0 radical (unpaired) electrons. The van der Waals surface area contributed by atoms with Crippen LogP contribution in [0.15, 0.2) is 48.6 Å². The zero-order valence-electron chi connectivity index (χ0n) is 10.3. The molecule has 1 aromatic carbocycles. The summed E-state index contributed by atoms with van der Waals surface area (Å²) in [5, 5.41) is 2.66. The maximum absolute atomic E-state index is 11.7. The summed E-state index contributed by atoms with van der Waals surface area (Å²) >= 11 is 12.6. The molecule has 0 spiro atoms. The van der Waals surface area contributed by atoms with Gasteiger partial charge in [0.2, 0.25) is 0 Å². The van der Waals surface area contributed by atoms with Crippen LogP contribution >= 0.6 is 23.2 Å². The summed E-state index contributed by atoms with van der Waals surface area (Å²) in [4.78, 5) is 10.7. The standard InChI is InChI=1S/C14H13Cl2NO2/c1-19-13(18)10-6-2-3-7-11(10)17-14(16)9-5-4-8-12(14)15/h2-9,12,17H,1H3. The number of alkyl halides is 2. The second-order valence-electron chi connectivity index (χ2n) is 4.08. The number of rotatable bonds is 3. The molecular weight excluding hydrogens is 285 g/mol. The molecule has 0 bridgehead atoms. The van der Waals surface area contributed by atoms with Crippen molar-refractivity contribution in [2.75, 3.05) is 12.4 Å². The van der Waals surface area contributed by atoms with E-state index in [1.54, 1.807) is 42.5 Å². The Morgan fingerprint density at radius 2 is 2.11 bits per heavy atom. The SMILES string of the molecule is COC(=O)c1ccccc1NC1(Cl)C=CC=CC1Cl. The number of hydrogen-bond acceptors (Lipinski definition) is 3. The summed E-state index contributed by atoms with van der Waals surface area (Å²) in [5.41, 5.74) is 0.992. The third-order valence-electron chi connectivity index (χ3n) is 2.79. The Bertz CT molecular complexity index is 542. The first-order valence-corrected chi connectivity index (χ1v) is 6.53. The molecule has 0 saturated carbocycles. The molecule has 0 aromatic heterocycles. The van der Waals surface area contributed by atoms with E-state index in [2.05, 4.69) is 5.32 Å². The van der Waals surface area contributed by atoms with Crippen molar-refractivity contribution >= 4 is 34.9 Å². The Morgan fingerprint density at radius 1 is 1.37 bits per heavy atom. The molecule has 3 nitrogen and oxygen atoms in total. The summed E-state index contributed by atoms with van der Waals surface area (Å²) in [5.74, 6) is -0.426. The number of para-hydroxylation sites is 1. The molecule has 100 valence electrons. The van der Waals surface area contributed by atoms with Gasteiger partial charge in [0.05, 0.1) is 23.7 Å². The molecule has 2 rings (SSSR count). The lowest BCUT2D eigenvalue weighted by Gasteiger charge is -2.31. The van der Waals surface area contributed by atoms with Crippen molar-refractivity contribution in [3.8, 4) is 0 Å². The number of anilines is 1. The molecule has 1 aromatic rings. The number of esters is 1. The first kappa shape index (κ1) is 14.0. The highest BCUT2D eigenvalue weighted by Gasteiger charge is 2.33. The lowest BCUT2D eigenvalue weighted by atomic mass is 10.1. The maximum Gasteiger partial charge on any atom is 0.339 e. The van der Waals surface area contributed by atoms with E-state index in [1.165, 1.54) is 7.11 Å². The molecule has 0 saturated heterocycles. The molecule has 2 unspecified atom stereocenters. The number of allylic oxidation sites excluding steroid dienone is 2. The first-order valence-electron chi connectivity index (χ1n) is 5.71. The summed E-state index contributed by atoms with van der Waals surface area (Å²) in [6.07, 6.45) is 7.16. The number of ether oxygens (including phenoxy) is 1. The van der Waals surface area contributed by atoms with Crippen LogP contribution in [-0.4, -0.2) is 23.5 Å². The van der Waals surface area contributed by atoms with Crippen molar-refractivity contribution in [3.05, 3.63) is 54.1 Å². The van der Waals surface area contributed by atoms with Gasteiger partial charge in [0, 0.05) is 0 Å². The van der Waals surface area contributed by atoms with E-state index in [0.29, 0.717) is 11.3 Å². The second kappa shape index (κ2) is 5.68. The third kappa shape index (κ3) is 2.94. The fourth-order valence-electron chi connectivity index (χ4n) is 1.79. The van der Waals surface area contributed by atoms with Gasteiger partial charge in [-0.2, -0.15) is 0 Å². The first-order chi connectivity index (χ1) is 9.07. The minimum Gasteiger partial charge on any atom is -0.465 e. The number of carbonyl (C=O) groups excluding carboxylic acids is 1. The van der Waals surface area contributed by atoms with E-state index >= 15 is 0 Å². The van der Waals surface area contributed by atoms with E-state index < -0.39 is 16.3 Å². The molecule has 0 fully saturated rings. The van der Waals surface area contributed by atoms with Crippen LogP contribution in [0.25, 0.3) is 0 Å². The van der Waals surface area contributed by atoms with Crippen molar-refractivity contribution in [2.24, 2.45) is 0 Å². The highest BCUT2D eigenvalue weighted by Crippen LogP contribution is 2.32. The predicted molar refractivity (Wildman–Crippen MR) is 77.9 cm³/mol. The molecule has 0 aliphatic heterocycles. The van der Waals surface area contributed by atoms with Gasteiger partial charge in [-0.3, -0.25) is 0 Å². The number of carbonyl (C=O) groups is 1. The molecule has 1 N–H and O–H groups in total. The minimum atomic E-state index is -0.972. The Hall–Kier alpha value is -1.45. The van der Waals surface area contributed by atoms with Crippen molar-refractivity contribution < 1.29 is 9.53 Å². The van der Waals surface area contributed by atoms with Gasteiger partial charge >= 0.3 is 5.97 Å². The number of halogens is 2. The van der Waals surface area contributed by atoms with Crippen LogP contribution in [0.3, 0.4) is 0 Å². The average Bonchev–Trinajstić information content (AvgIpc) is 2.42. The van der Waals surface area contributed by atoms with E-state index in [4.69, 9.17) is 27.9 Å². The van der Waals surface area contributed by atoms with E-state index in [1.807, 2.05) is 6.08 Å². The monoisotopic (exact) mass is 297 g/mol. The topological polar surface area (TPSA) is 38.3 Å². The number of benzene rings is 1. The fourth-order valence-corrected chi connectivity index (χ4v) is 2.24. The Labute approximate surface area is 121 Å². The molecule has 0 heterocycles. The Balaban J connectivity index is 2.31. The number of methoxy groups -OCH3 is 1. The highest BCUT2D eigenvalue weighted by atomic mass is 35.5. The predicted octanol–water partition coefficient (Wildman–Crippen LogP) is 3.55. The molecular formula is C14H13Cl2NO2. The van der Waals surface area contributed by atoms with Gasteiger partial charge in [0.25, 0.3) is 0 Å². The van der Waals surface area contributed by atoms with E-state index in [9.17, 15) is 4.79 Å². The molecule has 19 heavy (non-hydrogen) atoms. The lowest BCUT2D eigenvalue weighted by molar-refractivity contribution is 0.0602. The van der Waals surface area contributed by atoms with Crippen LogP contribution < -0.4 is 5.32 Å². The van der Waals surface area contributed by atoms with Crippen LogP contribution in [0.5, 0.6) is 0 Å². The van der Waals surface area contributed by atoms with E-state index in [0.717, 1.165) is 0 Å². The second-order valence-corrected chi connectivity index (χ2v) is 5.17. The summed E-state index contributed by atoms with van der Waals surface area (Å²) in [6, 6.07) is 6.99. The number of hydrogen-bond donors (Lipinski definition) is 1. The minimum absolute atomic E-state index is 0.414. The van der Waals surface area contributed by atoms with Crippen molar-refractivity contribution in [2.45, 2.75) is 10.4 Å². The van der Waals surface area contributed by atoms with Crippen LogP contribution in [0.4, 0.5) is 5.69 Å². The van der Waals surface area contributed by atoms with Gasteiger partial charge in [0.1, 0.15) is 0 Å². The summed E-state index contributed by atoms with van der Waals surface area (Å²) < 4.78 is 4.74. The fraction of sp³-hybridized carbons (Fsp3) is 0.214. The average molecular weight is 298 g/mol. The highest BCUT2D eigenvalue weighted by molar-refractivity contribution is 6.35. The zero-order valence-corrected chi connectivity index (χ0v) is 11.8. The van der Waals surface area contributed by atoms with E-state index in [-0.39, 0.29) is 0 Å². The van der Waals surface area contributed by atoms with Crippen LogP contribution in [0, 0.1) is 0 Å². The van der Waals surface area contributed by atoms with Crippen molar-refractivity contribution in [1.82, 2.24) is 0 Å². The van der Waals surface area contributed by atoms with Crippen LogP contribution in [-0.2, 0) is 4.74 Å². The van der Waals surface area contributed by atoms with Crippen LogP contribution in [0.1, 0.15) is 10.4 Å². The zero-order chi connectivity index (χ0) is 13.9. The Morgan fingerprint density at radius 3 is 2.79 bits per heavy atom. The summed E-state index contributed by atoms with van der Waals surface area (Å²) in [6.45, 7) is 0. The van der Waals surface area contributed by atoms with Gasteiger partial charge in [-0.1, -0.05) is 42.0 Å². The van der Waals surface area contributed by atoms with Crippen molar-refractivity contribution in [1.29, 1.82) is 0 Å². The molecule has 0 amide bonds. The summed E-state index contributed by atoms with van der Waals surface area (Å²) in [7, 11) is 1.34. The van der Waals surface area contributed by atoms with Crippen LogP contribution in [0.2, 0.25) is 0 Å². The van der Waals surface area contributed by atoms with Gasteiger partial charge in [-0.25, -0.2) is 4.79 Å². The van der Waals surface area contributed by atoms with Gasteiger partial charge in [-0.05, 0) is 18.2 Å². The lowest BCUT2D eigenvalue weighted by Crippen LogP contribution is -2.39. The molecule has 5 heteroatoms. The van der Waals surface area contributed by atoms with Gasteiger partial charge in [-0.15, -0.1) is 11.6 Å². The maximum atomic E-state index is 11.7. The molecule has 1 aliphatic carbocycles. The largest absolute Gasteiger partial charge is 0.465 e. The molecule has 1 aliphatic rings. The van der Waals surface area contributed by atoms with Gasteiger partial charge < -0.3 is 10.1 Å². The quantitative estimate of drug-likeness (QED) is 0.527. The third-order valence-corrected chi connectivity index (χ3v) is 3.85. The normalized spacial score (nSPS) is 25.1. The molecule has 2 atom stereocenters. The Kier molecular flexibility index (Phi) is 4.17. The van der Waals surface area contributed by atoms with Crippen molar-refractivity contribution in [3.63, 3.8) is 0 Å². The smallest absolute Gasteiger partial charge is 0.339 e. The van der Waals surface area contributed by atoms with Gasteiger partial charge in [0.15, 0.2) is 5.00 Å². The number of nitrogens with one attached hydrogen (secondary N) is 1.